The summed E-state index contributed by atoms with van der Waals surface area (Å²) in [6.45, 7) is 2.17. The Morgan fingerprint density at radius 1 is 1.33 bits per heavy atom. The average molecular weight is 446 g/mol. The van der Waals surface area contributed by atoms with Gasteiger partial charge in [-0.25, -0.2) is 4.40 Å². The average Bonchev–Trinajstić information content (AvgIpc) is 2.49. The van der Waals surface area contributed by atoms with E-state index in [2.05, 4.69) is 49.2 Å². The lowest BCUT2D eigenvalue weighted by molar-refractivity contribution is -0.315. The molecular formula is C14H12Br2N3S2+. The van der Waals surface area contributed by atoms with Gasteiger partial charge in [0.1, 0.15) is 5.69 Å². The van der Waals surface area contributed by atoms with E-state index in [4.69, 9.17) is 22.6 Å². The molecule has 3 N–H and O–H groups in total. The molecule has 0 amide bonds. The highest BCUT2D eigenvalue weighted by atomic mass is 79.9. The van der Waals surface area contributed by atoms with E-state index in [0.717, 1.165) is 42.4 Å². The highest BCUT2D eigenvalue weighted by Crippen LogP contribution is 2.32. The molecule has 21 heavy (non-hydrogen) atoms. The summed E-state index contributed by atoms with van der Waals surface area (Å²) in [4.78, 5) is 0. The molecule has 1 atom stereocenters. The van der Waals surface area contributed by atoms with Crippen LogP contribution in [0.1, 0.15) is 13.3 Å². The Kier molecular flexibility index (Phi) is 4.36. The van der Waals surface area contributed by atoms with Gasteiger partial charge in [-0.1, -0.05) is 28.9 Å². The Morgan fingerprint density at radius 2 is 2.05 bits per heavy atom. The zero-order valence-electron chi connectivity index (χ0n) is 11.1. The van der Waals surface area contributed by atoms with Crippen molar-refractivity contribution in [1.82, 2.24) is 0 Å². The molecular weight excluding hydrogens is 434 g/mol. The first-order valence-electron chi connectivity index (χ1n) is 6.40. The monoisotopic (exact) mass is 444 g/mol. The molecule has 0 aliphatic carbocycles. The minimum atomic E-state index is 0.417. The van der Waals surface area contributed by atoms with Gasteiger partial charge in [0.05, 0.1) is 9.83 Å². The van der Waals surface area contributed by atoms with Crippen molar-refractivity contribution in [3.05, 3.63) is 31.7 Å². The fraction of sp³-hybridized carbons (Fsp3) is 0.214. The second-order valence-electron chi connectivity index (χ2n) is 4.77. The summed E-state index contributed by atoms with van der Waals surface area (Å²) in [7, 11) is 0. The van der Waals surface area contributed by atoms with Crippen molar-refractivity contribution >= 4 is 84.5 Å². The summed E-state index contributed by atoms with van der Waals surface area (Å²) in [5, 5.41) is 4.50. The summed E-state index contributed by atoms with van der Waals surface area (Å²) in [5.74, 6) is 0. The van der Waals surface area contributed by atoms with Crippen molar-refractivity contribution in [2.45, 2.75) is 18.6 Å². The lowest BCUT2D eigenvalue weighted by Gasteiger charge is -2.13. The van der Waals surface area contributed by atoms with Crippen LogP contribution in [0.5, 0.6) is 0 Å². The number of rotatable bonds is 2. The van der Waals surface area contributed by atoms with Crippen LogP contribution < -0.4 is 20.7 Å². The highest BCUT2D eigenvalue weighted by molar-refractivity contribution is 9.10. The van der Waals surface area contributed by atoms with Crippen LogP contribution in [0.4, 0.5) is 11.4 Å². The summed E-state index contributed by atoms with van der Waals surface area (Å²) < 4.78 is 9.29. The van der Waals surface area contributed by atoms with Gasteiger partial charge in [0.15, 0.2) is 0 Å². The van der Waals surface area contributed by atoms with Gasteiger partial charge in [0.25, 0.3) is 18.1 Å². The molecule has 0 aromatic heterocycles. The molecule has 0 bridgehead atoms. The number of anilines is 1. The van der Waals surface area contributed by atoms with Gasteiger partial charge in [0.2, 0.25) is 0 Å². The van der Waals surface area contributed by atoms with Crippen LogP contribution in [0.25, 0.3) is 16.8 Å². The van der Waals surface area contributed by atoms with Gasteiger partial charge < -0.3 is 5.73 Å². The first-order chi connectivity index (χ1) is 10.1. The number of nitrogens with one attached hydrogen (secondary N) is 1. The zero-order chi connectivity index (χ0) is 15.1. The Balaban J connectivity index is 2.49. The van der Waals surface area contributed by atoms with Crippen LogP contribution in [0.15, 0.2) is 25.5 Å². The molecule has 3 nitrogen and oxygen atoms in total. The molecule has 2 aromatic carbocycles. The van der Waals surface area contributed by atoms with Crippen LogP contribution in [-0.2, 0) is 12.4 Å². The minimum Gasteiger partial charge on any atom is -0.393 e. The lowest BCUT2D eigenvalue weighted by Crippen LogP contribution is -2.56. The Labute approximate surface area is 148 Å². The van der Waals surface area contributed by atoms with Crippen molar-refractivity contribution in [3.63, 3.8) is 0 Å². The van der Waals surface area contributed by atoms with Gasteiger partial charge >= 0.3 is 0 Å². The quantitative estimate of drug-likeness (QED) is 0.550. The molecule has 1 unspecified atom stereocenters. The fourth-order valence-electron chi connectivity index (χ4n) is 2.39. The predicted octanol–water partition coefficient (Wildman–Crippen LogP) is 2.23. The first-order valence-corrected chi connectivity index (χ1v) is 9.24. The maximum atomic E-state index is 6.25. The lowest BCUT2D eigenvalue weighted by atomic mass is 10.0. The standard InChI is InChI=1S/C14H11Br2N3S2/c1-2-6-3-9-10(15)4-7-8(13(9)19-21-6)5-11(16)14(18-20)12(7)17/h3-6H,2,17H2,1H3/p+1. The molecule has 108 valence electrons. The van der Waals surface area contributed by atoms with E-state index in [-0.39, 0.29) is 0 Å². The van der Waals surface area contributed by atoms with E-state index in [0.29, 0.717) is 10.9 Å². The third-order valence-corrected chi connectivity index (χ3v) is 6.05. The molecule has 0 spiro atoms. The number of fused-ring (bicyclic) bond motifs is 3. The fourth-order valence-corrected chi connectivity index (χ4v) is 4.61. The molecule has 0 radical (unpaired) electrons. The van der Waals surface area contributed by atoms with Crippen LogP contribution in [0.3, 0.4) is 0 Å². The number of halogens is 2. The number of hydrogen-bond acceptors (Lipinski definition) is 4. The number of nitrogen functional groups attached to an aromatic ring is 1. The summed E-state index contributed by atoms with van der Waals surface area (Å²) in [5.41, 5.74) is 7.61. The third-order valence-electron chi connectivity index (χ3n) is 3.53. The predicted molar refractivity (Wildman–Crippen MR) is 98.7 cm³/mol. The number of nitrogens with two attached hydrogens (primary N) is 1. The molecule has 1 aliphatic heterocycles. The maximum Gasteiger partial charge on any atom is 0.268 e. The number of hydrogen-bond donors (Lipinski definition) is 2. The minimum absolute atomic E-state index is 0.417. The smallest absolute Gasteiger partial charge is 0.268 e. The topological polar surface area (TPSA) is 52.4 Å². The number of nitrogens with zero attached hydrogens (tertiary/aromatic N) is 1. The second kappa shape index (κ2) is 5.95. The summed E-state index contributed by atoms with van der Waals surface area (Å²) in [6.07, 6.45) is 3.32. The number of benzene rings is 2. The second-order valence-corrected chi connectivity index (χ2v) is 7.69. The van der Waals surface area contributed by atoms with Gasteiger partial charge in [-0.05, 0) is 46.4 Å². The molecule has 0 saturated carbocycles. The van der Waals surface area contributed by atoms with Crippen molar-refractivity contribution in [2.24, 2.45) is 4.40 Å². The van der Waals surface area contributed by atoms with Crippen molar-refractivity contribution in [1.29, 1.82) is 0 Å². The Hall–Kier alpha value is -0.500. The van der Waals surface area contributed by atoms with E-state index in [9.17, 15) is 0 Å². The Morgan fingerprint density at radius 3 is 2.71 bits per heavy atom. The Bertz CT molecular complexity index is 880. The van der Waals surface area contributed by atoms with E-state index < -0.39 is 0 Å². The van der Waals surface area contributed by atoms with Crippen molar-refractivity contribution in [2.75, 3.05) is 5.73 Å². The van der Waals surface area contributed by atoms with E-state index in [1.165, 1.54) is 0 Å². The molecule has 2 aromatic rings. The maximum absolute atomic E-state index is 6.25. The van der Waals surface area contributed by atoms with Gasteiger partial charge in [-0.3, -0.25) is 0 Å². The highest BCUT2D eigenvalue weighted by Gasteiger charge is 2.18. The zero-order valence-corrected chi connectivity index (χ0v) is 15.9. The molecule has 1 heterocycles. The SMILES string of the molecule is CCC1C=c2c(Br)cc3c(N)c([NH+]=S)c(Br)cc3c2=NS1. The molecule has 0 saturated heterocycles. The molecule has 0 fully saturated rings. The van der Waals surface area contributed by atoms with E-state index >= 15 is 0 Å². The first kappa shape index (κ1) is 15.4. The van der Waals surface area contributed by atoms with Crippen LogP contribution in [-0.4, -0.2) is 5.25 Å². The largest absolute Gasteiger partial charge is 0.393 e. The van der Waals surface area contributed by atoms with E-state index in [1.807, 2.05) is 12.1 Å². The molecule has 7 heteroatoms. The molecule has 1 aliphatic rings. The summed E-state index contributed by atoms with van der Waals surface area (Å²) in [6, 6.07) is 4.07. The normalized spacial score (nSPS) is 17.0. The van der Waals surface area contributed by atoms with Crippen LogP contribution in [0.2, 0.25) is 0 Å². The molecule has 3 rings (SSSR count). The third kappa shape index (κ3) is 2.54. The van der Waals surface area contributed by atoms with Crippen LogP contribution in [0, 0.1) is 0 Å². The van der Waals surface area contributed by atoms with Crippen molar-refractivity contribution in [3.8, 4) is 0 Å². The van der Waals surface area contributed by atoms with Crippen LogP contribution >= 0.6 is 43.8 Å². The van der Waals surface area contributed by atoms with Crippen molar-refractivity contribution < 1.29 is 4.36 Å². The van der Waals surface area contributed by atoms with Gasteiger partial charge in [-0.2, -0.15) is 0 Å². The van der Waals surface area contributed by atoms with Gasteiger partial charge in [-0.15, -0.1) is 4.36 Å². The van der Waals surface area contributed by atoms with E-state index in [1.54, 1.807) is 11.9 Å². The van der Waals surface area contributed by atoms with Gasteiger partial charge in [0, 0.05) is 25.7 Å². The summed E-state index contributed by atoms with van der Waals surface area (Å²) >= 11 is 13.7.